The first-order valence-electron chi connectivity index (χ1n) is 11.1. The summed E-state index contributed by atoms with van der Waals surface area (Å²) in [6.07, 6.45) is 3.81. The van der Waals surface area contributed by atoms with Crippen LogP contribution in [0.1, 0.15) is 28.8 Å². The lowest BCUT2D eigenvalue weighted by Gasteiger charge is -2.16. The van der Waals surface area contributed by atoms with Gasteiger partial charge in [-0.2, -0.15) is 0 Å². The van der Waals surface area contributed by atoms with Gasteiger partial charge in [-0.25, -0.2) is 22.2 Å². The fraction of sp³-hybridized carbons (Fsp3) is 0.160. The number of nitrogens with one attached hydrogen (secondary N) is 1. The van der Waals surface area contributed by atoms with E-state index in [-0.39, 0.29) is 10.6 Å². The zero-order valence-electron chi connectivity index (χ0n) is 18.7. The molecule has 11 heteroatoms. The predicted molar refractivity (Wildman–Crippen MR) is 133 cm³/mol. The van der Waals surface area contributed by atoms with Crippen molar-refractivity contribution in [3.05, 3.63) is 88.6 Å². The first-order valence-corrected chi connectivity index (χ1v) is 12.9. The number of fused-ring (bicyclic) bond motifs is 1. The molecule has 1 saturated heterocycles. The lowest BCUT2D eigenvalue weighted by Crippen LogP contribution is -2.19. The fourth-order valence-corrected chi connectivity index (χ4v) is 5.39. The Balaban J connectivity index is 1.50. The summed E-state index contributed by atoms with van der Waals surface area (Å²) in [5.74, 6) is -1.97. The second kappa shape index (κ2) is 9.44. The number of ketones is 1. The fourth-order valence-electron chi connectivity index (χ4n) is 4.06. The maximum absolute atomic E-state index is 15.4. The molecule has 1 aromatic heterocycles. The Bertz CT molecular complexity index is 1610. The van der Waals surface area contributed by atoms with Crippen LogP contribution in [0.15, 0.2) is 65.7 Å². The van der Waals surface area contributed by atoms with Crippen molar-refractivity contribution < 1.29 is 22.0 Å². The Kier molecular flexibility index (Phi) is 6.31. The molecule has 184 valence electrons. The minimum atomic E-state index is -4.33. The predicted octanol–water partition coefficient (Wildman–Crippen LogP) is 5.19. The number of carbonyl (C=O) groups excluding carboxylic acids is 1. The van der Waals surface area contributed by atoms with Gasteiger partial charge in [0.15, 0.2) is 11.6 Å². The number of aromatic nitrogens is 2. The maximum atomic E-state index is 15.4. The number of benzene rings is 3. The van der Waals surface area contributed by atoms with Crippen LogP contribution in [0.25, 0.3) is 11.0 Å². The van der Waals surface area contributed by atoms with Crippen molar-refractivity contribution in [3.8, 4) is 0 Å². The highest BCUT2D eigenvalue weighted by atomic mass is 35.5. The number of rotatable bonds is 6. The van der Waals surface area contributed by atoms with Crippen LogP contribution in [0.5, 0.6) is 0 Å². The van der Waals surface area contributed by atoms with Crippen molar-refractivity contribution in [1.82, 2.24) is 9.97 Å². The van der Waals surface area contributed by atoms with E-state index in [4.69, 9.17) is 11.6 Å². The van der Waals surface area contributed by atoms with Gasteiger partial charge in [0.2, 0.25) is 0 Å². The van der Waals surface area contributed by atoms with Gasteiger partial charge in [-0.3, -0.25) is 14.5 Å². The third-order valence-corrected chi connectivity index (χ3v) is 7.57. The number of anilines is 2. The van der Waals surface area contributed by atoms with Crippen molar-refractivity contribution in [2.45, 2.75) is 17.7 Å². The van der Waals surface area contributed by atoms with Crippen molar-refractivity contribution in [1.29, 1.82) is 0 Å². The van der Waals surface area contributed by atoms with E-state index < -0.39 is 43.6 Å². The molecule has 0 unspecified atom stereocenters. The second-order valence-electron chi connectivity index (χ2n) is 8.30. The number of nitrogens with zero attached hydrogens (tertiary/aromatic N) is 3. The molecule has 0 spiro atoms. The zero-order valence-corrected chi connectivity index (χ0v) is 20.3. The third-order valence-electron chi connectivity index (χ3n) is 5.89. The van der Waals surface area contributed by atoms with Crippen LogP contribution in [0.4, 0.5) is 20.3 Å². The van der Waals surface area contributed by atoms with Crippen LogP contribution in [-0.4, -0.2) is 37.3 Å². The summed E-state index contributed by atoms with van der Waals surface area (Å²) in [4.78, 5) is 24.0. The first kappa shape index (κ1) is 24.1. The highest BCUT2D eigenvalue weighted by molar-refractivity contribution is 7.92. The van der Waals surface area contributed by atoms with E-state index in [0.717, 1.165) is 50.2 Å². The van der Waals surface area contributed by atoms with Crippen LogP contribution >= 0.6 is 11.6 Å². The lowest BCUT2D eigenvalue weighted by molar-refractivity contribution is 0.103. The second-order valence-corrected chi connectivity index (χ2v) is 10.4. The molecule has 0 saturated carbocycles. The first-order chi connectivity index (χ1) is 17.2. The van der Waals surface area contributed by atoms with E-state index in [1.54, 1.807) is 12.3 Å². The largest absolute Gasteiger partial charge is 0.355 e. The number of halogens is 3. The van der Waals surface area contributed by atoms with Gasteiger partial charge in [-0.1, -0.05) is 17.7 Å². The van der Waals surface area contributed by atoms with Gasteiger partial charge in [-0.05, 0) is 61.4 Å². The molecule has 3 aromatic carbocycles. The normalized spacial score (nSPS) is 13.8. The van der Waals surface area contributed by atoms with E-state index in [1.807, 2.05) is 0 Å². The molecule has 1 aliphatic rings. The van der Waals surface area contributed by atoms with E-state index in [0.29, 0.717) is 16.9 Å². The molecule has 0 amide bonds. The van der Waals surface area contributed by atoms with Crippen LogP contribution in [0.2, 0.25) is 5.02 Å². The molecule has 0 radical (unpaired) electrons. The van der Waals surface area contributed by atoms with Gasteiger partial charge < -0.3 is 4.90 Å². The number of hydrogen-bond donors (Lipinski definition) is 1. The third kappa shape index (κ3) is 4.61. The monoisotopic (exact) mass is 528 g/mol. The van der Waals surface area contributed by atoms with Crippen molar-refractivity contribution >= 4 is 49.9 Å². The highest BCUT2D eigenvalue weighted by Gasteiger charge is 2.24. The summed E-state index contributed by atoms with van der Waals surface area (Å²) in [6.45, 7) is 1.75. The van der Waals surface area contributed by atoms with Crippen LogP contribution < -0.4 is 9.62 Å². The van der Waals surface area contributed by atoms with Gasteiger partial charge in [0.1, 0.15) is 11.6 Å². The summed E-state index contributed by atoms with van der Waals surface area (Å²) in [5.41, 5.74) is 0.145. The average molecular weight is 529 g/mol. The Morgan fingerprint density at radius 3 is 2.53 bits per heavy atom. The number of carbonyl (C=O) groups is 1. The van der Waals surface area contributed by atoms with Crippen molar-refractivity contribution in [3.63, 3.8) is 0 Å². The minimum absolute atomic E-state index is 0.112. The average Bonchev–Trinajstić information content (AvgIpc) is 3.40. The minimum Gasteiger partial charge on any atom is -0.355 e. The molecule has 4 aromatic rings. The van der Waals surface area contributed by atoms with Gasteiger partial charge in [0.05, 0.1) is 38.4 Å². The quantitative estimate of drug-likeness (QED) is 0.346. The van der Waals surface area contributed by atoms with Crippen LogP contribution in [0, 0.1) is 11.6 Å². The Hall–Kier alpha value is -3.63. The Morgan fingerprint density at radius 1 is 1.00 bits per heavy atom. The molecule has 0 bridgehead atoms. The van der Waals surface area contributed by atoms with E-state index in [9.17, 15) is 17.6 Å². The van der Waals surface area contributed by atoms with Crippen LogP contribution in [-0.2, 0) is 10.0 Å². The molecule has 5 rings (SSSR count). The zero-order chi connectivity index (χ0) is 25.4. The Labute approximate surface area is 210 Å². The molecular weight excluding hydrogens is 510 g/mol. The topological polar surface area (TPSA) is 92.3 Å². The molecule has 1 N–H and O–H groups in total. The molecule has 2 heterocycles. The maximum Gasteiger partial charge on any atom is 0.262 e. The summed E-state index contributed by atoms with van der Waals surface area (Å²) in [5, 5.41) is -0.191. The van der Waals surface area contributed by atoms with Crippen molar-refractivity contribution in [2.24, 2.45) is 0 Å². The smallest absolute Gasteiger partial charge is 0.262 e. The summed E-state index contributed by atoms with van der Waals surface area (Å²) in [6, 6.07) is 11.2. The lowest BCUT2D eigenvalue weighted by atomic mass is 10.0. The Morgan fingerprint density at radius 2 is 1.78 bits per heavy atom. The summed E-state index contributed by atoms with van der Waals surface area (Å²) in [7, 11) is -4.33. The standard InChI is InChI=1S/C25H19ClF2N4O3S/c26-18-7-9-20(31-36(34,35)17-5-3-4-16(27)13-17)24(28)23(18)25(33)15-6-8-19-21(12-15)30-22(14-29-19)32-10-1-2-11-32/h3-9,12-14,31H,1-2,10-11H2. The molecular formula is C25H19ClF2N4O3S. The molecule has 1 aliphatic heterocycles. The van der Waals surface area contributed by atoms with Gasteiger partial charge in [0, 0.05) is 18.7 Å². The van der Waals surface area contributed by atoms with E-state index >= 15 is 4.39 Å². The molecule has 1 fully saturated rings. The summed E-state index contributed by atoms with van der Waals surface area (Å²) >= 11 is 6.16. The molecule has 36 heavy (non-hydrogen) atoms. The molecule has 0 atom stereocenters. The number of sulfonamides is 1. The van der Waals surface area contributed by atoms with Crippen LogP contribution in [0.3, 0.4) is 0 Å². The van der Waals surface area contributed by atoms with E-state index in [1.165, 1.54) is 24.3 Å². The van der Waals surface area contributed by atoms with E-state index in [2.05, 4.69) is 19.6 Å². The molecule has 7 nitrogen and oxygen atoms in total. The number of hydrogen-bond acceptors (Lipinski definition) is 6. The molecule has 0 aliphatic carbocycles. The van der Waals surface area contributed by atoms with Crippen molar-refractivity contribution in [2.75, 3.05) is 22.7 Å². The highest BCUT2D eigenvalue weighted by Crippen LogP contribution is 2.30. The van der Waals surface area contributed by atoms with Gasteiger partial charge in [0.25, 0.3) is 10.0 Å². The SMILES string of the molecule is O=C(c1ccc2ncc(N3CCCC3)nc2c1)c1c(Cl)ccc(NS(=O)(=O)c2cccc(F)c2)c1F. The van der Waals surface area contributed by atoms with Gasteiger partial charge >= 0.3 is 0 Å². The van der Waals surface area contributed by atoms with Gasteiger partial charge in [-0.15, -0.1) is 0 Å². The summed E-state index contributed by atoms with van der Waals surface area (Å²) < 4.78 is 56.3.